The van der Waals surface area contributed by atoms with Gasteiger partial charge in [0.2, 0.25) is 5.88 Å². The van der Waals surface area contributed by atoms with Crippen LogP contribution >= 0.6 is 0 Å². The zero-order valence-corrected chi connectivity index (χ0v) is 12.6. The first-order valence-corrected chi connectivity index (χ1v) is 6.76. The number of aryl methyl sites for hydroxylation is 1. The molecule has 2 aromatic heterocycles. The summed E-state index contributed by atoms with van der Waals surface area (Å²) in [6.07, 6.45) is 1.67. The molecule has 2 heterocycles. The maximum atomic E-state index is 12.3. The molecule has 0 aromatic carbocycles. The van der Waals surface area contributed by atoms with Crippen LogP contribution in [-0.4, -0.2) is 23.2 Å². The second-order valence-electron chi connectivity index (χ2n) is 5.05. The third-order valence-corrected chi connectivity index (χ3v) is 3.10. The fraction of sp³-hybridized carbons (Fsp3) is 0.400. The fourth-order valence-electron chi connectivity index (χ4n) is 1.96. The first-order valence-electron chi connectivity index (χ1n) is 6.76. The molecular formula is C15H19N3O3. The lowest BCUT2D eigenvalue weighted by molar-refractivity contribution is 0.0948. The van der Waals surface area contributed by atoms with Crippen LogP contribution in [0, 0.1) is 6.92 Å². The van der Waals surface area contributed by atoms with Crippen LogP contribution in [0.25, 0.3) is 0 Å². The summed E-state index contributed by atoms with van der Waals surface area (Å²) in [5, 5.41) is 6.73. The van der Waals surface area contributed by atoms with Gasteiger partial charge in [-0.2, -0.15) is 0 Å². The number of rotatable bonds is 5. The van der Waals surface area contributed by atoms with Gasteiger partial charge in [-0.3, -0.25) is 4.79 Å². The highest BCUT2D eigenvalue weighted by atomic mass is 16.5. The molecule has 0 bridgehead atoms. The molecule has 0 saturated carbocycles. The molecule has 1 amide bonds. The van der Waals surface area contributed by atoms with E-state index in [4.69, 9.17) is 9.26 Å². The van der Waals surface area contributed by atoms with Gasteiger partial charge in [0, 0.05) is 24.7 Å². The minimum absolute atomic E-state index is 0.106. The smallest absolute Gasteiger partial charge is 0.257 e. The number of nitrogens with zero attached hydrogens (tertiary/aromatic N) is 2. The minimum atomic E-state index is -0.187. The van der Waals surface area contributed by atoms with E-state index in [2.05, 4.69) is 15.5 Å². The maximum Gasteiger partial charge on any atom is 0.257 e. The number of pyridine rings is 1. The van der Waals surface area contributed by atoms with Gasteiger partial charge in [-0.05, 0) is 12.5 Å². The third-order valence-electron chi connectivity index (χ3n) is 3.10. The Kier molecular flexibility index (Phi) is 4.57. The van der Waals surface area contributed by atoms with E-state index >= 15 is 0 Å². The molecule has 6 heteroatoms. The van der Waals surface area contributed by atoms with E-state index < -0.39 is 0 Å². The molecule has 0 fully saturated rings. The van der Waals surface area contributed by atoms with Crippen LogP contribution < -0.4 is 10.1 Å². The molecule has 0 radical (unpaired) electrons. The quantitative estimate of drug-likeness (QED) is 0.914. The van der Waals surface area contributed by atoms with Crippen molar-refractivity contribution in [3.63, 3.8) is 0 Å². The highest BCUT2D eigenvalue weighted by Crippen LogP contribution is 2.22. The first-order chi connectivity index (χ1) is 10.0. The fourth-order valence-corrected chi connectivity index (χ4v) is 1.96. The lowest BCUT2D eigenvalue weighted by Gasteiger charge is -2.07. The summed E-state index contributed by atoms with van der Waals surface area (Å²) in [6, 6.07) is 3.61. The Hall–Kier alpha value is -2.37. The summed E-state index contributed by atoms with van der Waals surface area (Å²) in [7, 11) is 1.56. The Morgan fingerprint density at radius 3 is 2.76 bits per heavy atom. The standard InChI is InChI=1S/C15H19N3O3/c1-9(2)14-13(10(3)18-21-14)15(19)17-8-11-5-6-12(20-4)16-7-11/h5-7,9H,8H2,1-4H3,(H,17,19). The van der Waals surface area contributed by atoms with Gasteiger partial charge in [-0.1, -0.05) is 25.1 Å². The average molecular weight is 289 g/mol. The highest BCUT2D eigenvalue weighted by Gasteiger charge is 2.22. The van der Waals surface area contributed by atoms with Gasteiger partial charge < -0.3 is 14.6 Å². The predicted molar refractivity (Wildman–Crippen MR) is 77.3 cm³/mol. The van der Waals surface area contributed by atoms with E-state index in [9.17, 15) is 4.79 Å². The number of nitrogens with one attached hydrogen (secondary N) is 1. The molecule has 0 saturated heterocycles. The van der Waals surface area contributed by atoms with Gasteiger partial charge in [0.1, 0.15) is 5.56 Å². The van der Waals surface area contributed by atoms with Crippen molar-refractivity contribution < 1.29 is 14.1 Å². The van der Waals surface area contributed by atoms with Gasteiger partial charge >= 0.3 is 0 Å². The van der Waals surface area contributed by atoms with E-state index in [0.29, 0.717) is 29.4 Å². The van der Waals surface area contributed by atoms with Crippen LogP contribution in [0.3, 0.4) is 0 Å². The van der Waals surface area contributed by atoms with Gasteiger partial charge in [-0.25, -0.2) is 4.98 Å². The molecule has 6 nitrogen and oxygen atoms in total. The van der Waals surface area contributed by atoms with Gasteiger partial charge in [-0.15, -0.1) is 0 Å². The molecule has 1 N–H and O–H groups in total. The number of carbonyl (C=O) groups is 1. The lowest BCUT2D eigenvalue weighted by Crippen LogP contribution is -2.24. The number of carbonyl (C=O) groups excluding carboxylic acids is 1. The summed E-state index contributed by atoms with van der Waals surface area (Å²) < 4.78 is 10.2. The summed E-state index contributed by atoms with van der Waals surface area (Å²) in [5.41, 5.74) is 2.01. The van der Waals surface area contributed by atoms with Crippen molar-refractivity contribution in [3.05, 3.63) is 40.9 Å². The van der Waals surface area contributed by atoms with Crippen LogP contribution in [0.1, 0.15) is 47.1 Å². The van der Waals surface area contributed by atoms with Crippen molar-refractivity contribution in [2.75, 3.05) is 7.11 Å². The molecule has 2 aromatic rings. The number of aromatic nitrogens is 2. The molecule has 21 heavy (non-hydrogen) atoms. The number of hydrogen-bond acceptors (Lipinski definition) is 5. The van der Waals surface area contributed by atoms with Crippen molar-refractivity contribution in [1.82, 2.24) is 15.5 Å². The van der Waals surface area contributed by atoms with E-state index in [-0.39, 0.29) is 11.8 Å². The SMILES string of the molecule is COc1ccc(CNC(=O)c2c(C)noc2C(C)C)cn1. The largest absolute Gasteiger partial charge is 0.481 e. The van der Waals surface area contributed by atoms with Gasteiger partial charge in [0.25, 0.3) is 5.91 Å². The normalized spacial score (nSPS) is 10.7. The molecule has 0 aliphatic heterocycles. The van der Waals surface area contributed by atoms with Gasteiger partial charge in [0.05, 0.1) is 12.8 Å². The minimum Gasteiger partial charge on any atom is -0.481 e. The van der Waals surface area contributed by atoms with Crippen molar-refractivity contribution in [1.29, 1.82) is 0 Å². The van der Waals surface area contributed by atoms with Crippen LogP contribution in [0.4, 0.5) is 0 Å². The highest BCUT2D eigenvalue weighted by molar-refractivity contribution is 5.96. The Morgan fingerprint density at radius 2 is 2.19 bits per heavy atom. The molecule has 0 atom stereocenters. The summed E-state index contributed by atoms with van der Waals surface area (Å²) in [6.45, 7) is 6.07. The average Bonchev–Trinajstić information content (AvgIpc) is 2.87. The second kappa shape index (κ2) is 6.39. The molecule has 0 spiro atoms. The Balaban J connectivity index is 2.06. The Morgan fingerprint density at radius 1 is 1.43 bits per heavy atom. The number of hydrogen-bond donors (Lipinski definition) is 1. The Bertz CT molecular complexity index is 618. The third kappa shape index (κ3) is 3.39. The first kappa shape index (κ1) is 15.0. The van der Waals surface area contributed by atoms with E-state index in [1.54, 1.807) is 26.3 Å². The number of methoxy groups -OCH3 is 1. The monoisotopic (exact) mass is 289 g/mol. The van der Waals surface area contributed by atoms with Gasteiger partial charge in [0.15, 0.2) is 5.76 Å². The van der Waals surface area contributed by atoms with E-state index in [0.717, 1.165) is 5.56 Å². The number of amides is 1. The number of ether oxygens (including phenoxy) is 1. The van der Waals surface area contributed by atoms with Crippen molar-refractivity contribution in [3.8, 4) is 5.88 Å². The second-order valence-corrected chi connectivity index (χ2v) is 5.05. The summed E-state index contributed by atoms with van der Waals surface area (Å²) >= 11 is 0. The summed E-state index contributed by atoms with van der Waals surface area (Å²) in [5.74, 6) is 1.07. The van der Waals surface area contributed by atoms with Crippen LogP contribution in [0.5, 0.6) is 5.88 Å². The van der Waals surface area contributed by atoms with Crippen LogP contribution in [0.15, 0.2) is 22.9 Å². The van der Waals surface area contributed by atoms with E-state index in [1.807, 2.05) is 19.9 Å². The zero-order valence-electron chi connectivity index (χ0n) is 12.6. The van der Waals surface area contributed by atoms with Crippen molar-refractivity contribution >= 4 is 5.91 Å². The molecule has 2 rings (SSSR count). The van der Waals surface area contributed by atoms with E-state index in [1.165, 1.54) is 0 Å². The molecule has 0 aliphatic carbocycles. The molecule has 0 aliphatic rings. The molecule has 0 unspecified atom stereocenters. The maximum absolute atomic E-state index is 12.3. The zero-order chi connectivity index (χ0) is 15.4. The lowest BCUT2D eigenvalue weighted by atomic mass is 10.0. The molecule has 112 valence electrons. The van der Waals surface area contributed by atoms with Crippen LogP contribution in [-0.2, 0) is 6.54 Å². The predicted octanol–water partition coefficient (Wildman–Crippen LogP) is 2.44. The molecular weight excluding hydrogens is 270 g/mol. The topological polar surface area (TPSA) is 77.2 Å². The van der Waals surface area contributed by atoms with Crippen molar-refractivity contribution in [2.45, 2.75) is 33.2 Å². The summed E-state index contributed by atoms with van der Waals surface area (Å²) in [4.78, 5) is 16.4. The van der Waals surface area contributed by atoms with Crippen molar-refractivity contribution in [2.24, 2.45) is 0 Å². The Labute approximate surface area is 123 Å². The van der Waals surface area contributed by atoms with Crippen LogP contribution in [0.2, 0.25) is 0 Å².